The number of hydrogen-bond acceptors (Lipinski definition) is 7. The van der Waals surface area contributed by atoms with Gasteiger partial charge in [0.1, 0.15) is 5.78 Å². The average molecular weight is 880 g/mol. The zero-order valence-electron chi connectivity index (χ0n) is 36.8. The van der Waals surface area contributed by atoms with E-state index in [0.29, 0.717) is 66.2 Å². The number of ether oxygens (including phenoxy) is 2. The number of aliphatic hydroxyl groups is 2. The van der Waals surface area contributed by atoms with Crippen molar-refractivity contribution < 1.29 is 29.3 Å². The van der Waals surface area contributed by atoms with Gasteiger partial charge in [0, 0.05) is 32.3 Å². The van der Waals surface area contributed by atoms with E-state index in [0.717, 1.165) is 96.8 Å². The molecule has 0 radical (unpaired) electrons. The first-order valence-corrected chi connectivity index (χ1v) is 25.4. The number of rotatable bonds is 9. The van der Waals surface area contributed by atoms with Crippen LogP contribution in [-0.2, 0) is 25.6 Å². The lowest BCUT2D eigenvalue weighted by atomic mass is 9.47. The van der Waals surface area contributed by atoms with Crippen LogP contribution in [0, 0.1) is 112 Å². The largest absolute Gasteiger partial charge is 0.387 e. The average Bonchev–Trinajstić information content (AvgIpc) is 4.06. The summed E-state index contributed by atoms with van der Waals surface area (Å²) in [5, 5.41) is 26.8. The van der Waals surface area contributed by atoms with Gasteiger partial charge in [0.05, 0.1) is 42.5 Å². The van der Waals surface area contributed by atoms with E-state index in [1.807, 2.05) is 24.0 Å². The Kier molecular flexibility index (Phi) is 10.8. The number of aromatic nitrogens is 2. The van der Waals surface area contributed by atoms with E-state index in [2.05, 4.69) is 34.9 Å². The van der Waals surface area contributed by atoms with Gasteiger partial charge in [-0.25, -0.2) is 0 Å². The van der Waals surface area contributed by atoms with Crippen molar-refractivity contribution in [1.82, 2.24) is 9.78 Å². The number of nitrogens with zero attached hydrogens (tertiary/aromatic N) is 2. The van der Waals surface area contributed by atoms with Crippen LogP contribution in [0.15, 0.2) is 12.4 Å². The van der Waals surface area contributed by atoms with Crippen LogP contribution >= 0.6 is 15.9 Å². The number of carbonyl (C=O) groups excluding carboxylic acids is 2. The standard InChI is InChI=1S/C27H40N2O3.C23H35BrO3/c1-16-12-28-29(13-16)14-23(30)25-22-10-21(22)24-20-5-4-17-11-27(31,15-32-3)9-7-18(17)19(20)6-8-26(24,25)2;1-22-7-5-15-14-6-8-23(26,12-27-2)10-13(14)3-4-16(15)20(22)17-9-18(17)21(22)19(25)11-24/h12-13,17-22,24-25,31H,4-11,14-15H2,1-3H3;13-18,20-21,26H,3-12H2,1-2H3/t17-,18+,19-,20-,21?,22?,24-,25-,26+,27-;13-,14+,15-,16-,17?,18?,20-,21?,22+,23-/m11/s1. The lowest BCUT2D eigenvalue weighted by Crippen LogP contribution is -2.53. The van der Waals surface area contributed by atoms with E-state index in [1.165, 1.54) is 70.6 Å². The zero-order valence-corrected chi connectivity index (χ0v) is 38.4. The van der Waals surface area contributed by atoms with Gasteiger partial charge in [0.2, 0.25) is 0 Å². The topological polar surface area (TPSA) is 111 Å². The predicted molar refractivity (Wildman–Crippen MR) is 230 cm³/mol. The van der Waals surface area contributed by atoms with Gasteiger partial charge in [-0.1, -0.05) is 29.8 Å². The second-order valence-corrected chi connectivity index (χ2v) is 24.0. The Morgan fingerprint density at radius 2 is 1.15 bits per heavy atom. The first kappa shape index (κ1) is 41.9. The second-order valence-electron chi connectivity index (χ2n) is 23.5. The molecule has 0 saturated heterocycles. The SMILES string of the molecule is COC[C@@]1(O)CC[C@H]2[C@H](CC[C@@H]3[C@@H]2CC[C@]2(C)C(C(=O)CBr)C4CC4[C@@H]32)C1.COC[C@@]1(O)CC[C@H]2[C@H](CC[C@@H]3[C@@H]2CC[C@]2(C)[C@@H](C(=O)Cn4cc(C)cn4)C4CC4[C@@H]32)C1. The van der Waals surface area contributed by atoms with Crippen LogP contribution in [0.2, 0.25) is 0 Å². The maximum Gasteiger partial charge on any atom is 0.158 e. The normalized spacial score (nSPS) is 52.1. The third-order valence-corrected chi connectivity index (χ3v) is 21.1. The van der Waals surface area contributed by atoms with Crippen LogP contribution in [0.1, 0.15) is 122 Å². The van der Waals surface area contributed by atoms with Crippen LogP contribution in [0.4, 0.5) is 0 Å². The first-order valence-electron chi connectivity index (χ1n) is 24.3. The number of ketones is 2. The van der Waals surface area contributed by atoms with Crippen LogP contribution in [0.3, 0.4) is 0 Å². The van der Waals surface area contributed by atoms with Gasteiger partial charge in [-0.15, -0.1) is 0 Å². The van der Waals surface area contributed by atoms with E-state index < -0.39 is 11.2 Å². The molecule has 0 spiro atoms. The van der Waals surface area contributed by atoms with E-state index in [9.17, 15) is 19.8 Å². The van der Waals surface area contributed by atoms with Crippen molar-refractivity contribution in [1.29, 1.82) is 0 Å². The smallest absolute Gasteiger partial charge is 0.158 e. The Bertz CT molecular complexity index is 1770. The van der Waals surface area contributed by atoms with Gasteiger partial charge < -0.3 is 19.7 Å². The molecule has 8 nitrogen and oxygen atoms in total. The van der Waals surface area contributed by atoms with Gasteiger partial charge in [0.25, 0.3) is 0 Å². The number of fused-ring (bicyclic) bond motifs is 14. The van der Waals surface area contributed by atoms with E-state index >= 15 is 0 Å². The first-order chi connectivity index (χ1) is 28.2. The van der Waals surface area contributed by atoms with Crippen LogP contribution in [-0.4, -0.2) is 75.5 Å². The van der Waals surface area contributed by atoms with Gasteiger partial charge >= 0.3 is 0 Å². The molecule has 11 rings (SSSR count). The summed E-state index contributed by atoms with van der Waals surface area (Å²) in [6.45, 7) is 8.40. The highest BCUT2D eigenvalue weighted by molar-refractivity contribution is 9.09. The molecular formula is C50H75BrN2O6. The van der Waals surface area contributed by atoms with Gasteiger partial charge in [-0.05, 0) is 209 Å². The summed E-state index contributed by atoms with van der Waals surface area (Å²) in [6, 6.07) is 0. The number of Topliss-reactive ketones (excluding diaryl/α,β-unsaturated/α-hetero) is 2. The van der Waals surface area contributed by atoms with Crippen molar-refractivity contribution in [3.63, 3.8) is 0 Å². The number of carbonyl (C=O) groups is 2. The van der Waals surface area contributed by atoms with E-state index in [-0.39, 0.29) is 16.7 Å². The number of methoxy groups -OCH3 is 2. The molecular weight excluding hydrogens is 804 g/mol. The summed E-state index contributed by atoms with van der Waals surface area (Å²) in [6.07, 6.45) is 22.7. The number of aryl methyl sites for hydroxylation is 1. The molecule has 59 heavy (non-hydrogen) atoms. The fourth-order valence-electron chi connectivity index (χ4n) is 18.8. The molecule has 10 saturated carbocycles. The molecule has 10 fully saturated rings. The van der Waals surface area contributed by atoms with Crippen molar-refractivity contribution in [2.75, 3.05) is 32.8 Å². The molecule has 9 heteroatoms. The maximum absolute atomic E-state index is 13.5. The third kappa shape index (κ3) is 6.87. The van der Waals surface area contributed by atoms with Crippen molar-refractivity contribution in [2.45, 2.75) is 141 Å². The number of halogens is 1. The summed E-state index contributed by atoms with van der Waals surface area (Å²) >= 11 is 3.47. The molecule has 0 aromatic carbocycles. The molecule has 1 heterocycles. The lowest BCUT2D eigenvalue weighted by molar-refractivity contribution is -0.140. The maximum atomic E-state index is 13.5. The van der Waals surface area contributed by atoms with Gasteiger partial charge in [0.15, 0.2) is 5.78 Å². The molecule has 0 bridgehead atoms. The third-order valence-electron chi connectivity index (χ3n) is 20.5. The molecule has 10 aliphatic carbocycles. The highest BCUT2D eigenvalue weighted by Crippen LogP contribution is 2.76. The Morgan fingerprint density at radius 1 is 0.678 bits per heavy atom. The predicted octanol–water partition coefficient (Wildman–Crippen LogP) is 8.72. The van der Waals surface area contributed by atoms with Gasteiger partial charge in [-0.3, -0.25) is 14.3 Å². The Morgan fingerprint density at radius 3 is 1.59 bits per heavy atom. The minimum atomic E-state index is -0.608. The molecule has 328 valence electrons. The van der Waals surface area contributed by atoms with Crippen molar-refractivity contribution in [2.24, 2.45) is 106 Å². The summed E-state index contributed by atoms with van der Waals surface area (Å²) in [4.78, 5) is 26.3. The fraction of sp³-hybridized carbons (Fsp3) is 0.900. The summed E-state index contributed by atoms with van der Waals surface area (Å²) in [5.41, 5.74) is 0.376. The van der Waals surface area contributed by atoms with Crippen LogP contribution in [0.5, 0.6) is 0 Å². The monoisotopic (exact) mass is 878 g/mol. The summed E-state index contributed by atoms with van der Waals surface area (Å²) in [7, 11) is 3.42. The quantitative estimate of drug-likeness (QED) is 0.239. The Labute approximate surface area is 362 Å². The molecule has 10 aliphatic rings. The number of alkyl halides is 1. The van der Waals surface area contributed by atoms with Crippen LogP contribution in [0.25, 0.3) is 0 Å². The molecule has 1 aromatic rings. The van der Waals surface area contributed by atoms with E-state index in [4.69, 9.17) is 9.47 Å². The van der Waals surface area contributed by atoms with E-state index in [1.54, 1.807) is 14.2 Å². The Balaban J connectivity index is 0.000000145. The molecule has 20 atom stereocenters. The van der Waals surface area contributed by atoms with Crippen LogP contribution < -0.4 is 0 Å². The summed E-state index contributed by atoms with van der Waals surface area (Å²) < 4.78 is 12.5. The molecule has 2 N–H and O–H groups in total. The van der Waals surface area contributed by atoms with Crippen molar-refractivity contribution in [3.8, 4) is 0 Å². The minimum Gasteiger partial charge on any atom is -0.387 e. The van der Waals surface area contributed by atoms with Crippen molar-refractivity contribution >= 4 is 27.5 Å². The molecule has 1 aromatic heterocycles. The molecule has 0 amide bonds. The number of hydrogen-bond donors (Lipinski definition) is 2. The second kappa shape index (κ2) is 15.3. The Hall–Kier alpha value is -1.13. The van der Waals surface area contributed by atoms with Crippen molar-refractivity contribution in [3.05, 3.63) is 18.0 Å². The fourth-order valence-corrected chi connectivity index (χ4v) is 19.1. The van der Waals surface area contributed by atoms with Gasteiger partial charge in [-0.2, -0.15) is 5.10 Å². The molecule has 5 unspecified atom stereocenters. The zero-order chi connectivity index (χ0) is 41.2. The lowest BCUT2D eigenvalue weighted by Gasteiger charge is -2.58. The minimum absolute atomic E-state index is 0.187. The molecule has 0 aliphatic heterocycles. The highest BCUT2D eigenvalue weighted by Gasteiger charge is 2.72. The highest BCUT2D eigenvalue weighted by atomic mass is 79.9. The summed E-state index contributed by atoms with van der Waals surface area (Å²) in [5.74, 6) is 12.1.